The summed E-state index contributed by atoms with van der Waals surface area (Å²) in [7, 11) is 0. The molecule has 2 aromatic rings. The number of aliphatic hydroxyl groups excluding tert-OH is 1. The predicted molar refractivity (Wildman–Crippen MR) is 98.4 cm³/mol. The molecule has 1 unspecified atom stereocenters. The van der Waals surface area contributed by atoms with Crippen molar-refractivity contribution >= 4 is 12.0 Å². The Morgan fingerprint density at radius 3 is 2.64 bits per heavy atom. The zero-order valence-electron chi connectivity index (χ0n) is 15.0. The fraction of sp³-hybridized carbons (Fsp3) is 0.400. The van der Waals surface area contributed by atoms with Crippen LogP contribution in [0.25, 0.3) is 11.8 Å². The van der Waals surface area contributed by atoms with E-state index in [1.54, 1.807) is 6.08 Å². The Kier molecular flexibility index (Phi) is 4.77. The highest BCUT2D eigenvalue weighted by Gasteiger charge is 2.41. The Bertz CT molecular complexity index is 791. The number of rotatable bonds is 6. The van der Waals surface area contributed by atoms with Crippen LogP contribution in [0, 0.1) is 19.8 Å². The summed E-state index contributed by atoms with van der Waals surface area (Å²) in [5, 5.41) is 17.1. The van der Waals surface area contributed by atoms with Crippen molar-refractivity contribution in [3.05, 3.63) is 53.4 Å². The minimum absolute atomic E-state index is 0.0404. The van der Waals surface area contributed by atoms with E-state index in [0.29, 0.717) is 5.92 Å². The second-order valence-electron chi connectivity index (χ2n) is 7.00. The molecule has 2 N–H and O–H groups in total. The van der Waals surface area contributed by atoms with Gasteiger partial charge in [0.2, 0.25) is 5.91 Å². The Labute approximate surface area is 148 Å². The van der Waals surface area contributed by atoms with Crippen LogP contribution in [0.4, 0.5) is 0 Å². The number of amides is 1. The van der Waals surface area contributed by atoms with E-state index in [1.807, 2.05) is 55.8 Å². The zero-order valence-corrected chi connectivity index (χ0v) is 15.0. The summed E-state index contributed by atoms with van der Waals surface area (Å²) in [5.41, 5.74) is 3.27. The van der Waals surface area contributed by atoms with Crippen molar-refractivity contribution < 1.29 is 9.90 Å². The number of carbonyl (C=O) groups excluding carboxylic acids is 1. The number of para-hydroxylation sites is 1. The van der Waals surface area contributed by atoms with Crippen LogP contribution in [0.3, 0.4) is 0 Å². The van der Waals surface area contributed by atoms with Gasteiger partial charge in [0, 0.05) is 17.3 Å². The number of carbonyl (C=O) groups is 1. The van der Waals surface area contributed by atoms with Gasteiger partial charge >= 0.3 is 0 Å². The molecule has 1 aromatic carbocycles. The average Bonchev–Trinajstić information content (AvgIpc) is 3.42. The molecule has 0 radical (unpaired) electrons. The van der Waals surface area contributed by atoms with Gasteiger partial charge in [-0.25, -0.2) is 4.68 Å². The maximum Gasteiger partial charge on any atom is 0.244 e. The standard InChI is InChI=1S/C20H25N3O2/c1-14-18(15(2)23(22-14)17-7-5-4-6-8-17)11-12-19(25)21-20(3,13-24)16-9-10-16/h4-8,11-12,16,24H,9-10,13H2,1-3H3,(H,21,25)/b12-11+. The maximum atomic E-state index is 12.3. The van der Waals surface area contributed by atoms with Crippen molar-refractivity contribution in [3.63, 3.8) is 0 Å². The van der Waals surface area contributed by atoms with Gasteiger partial charge in [-0.15, -0.1) is 0 Å². The first-order valence-corrected chi connectivity index (χ1v) is 8.67. The molecule has 1 fully saturated rings. The van der Waals surface area contributed by atoms with Gasteiger partial charge in [0.25, 0.3) is 0 Å². The molecule has 3 rings (SSSR count). The van der Waals surface area contributed by atoms with Crippen molar-refractivity contribution in [2.75, 3.05) is 6.61 Å². The molecule has 1 amide bonds. The number of nitrogens with one attached hydrogen (secondary N) is 1. The Morgan fingerprint density at radius 1 is 1.36 bits per heavy atom. The van der Waals surface area contributed by atoms with Crippen LogP contribution >= 0.6 is 0 Å². The van der Waals surface area contributed by atoms with Gasteiger partial charge in [0.1, 0.15) is 0 Å². The highest BCUT2D eigenvalue weighted by Crippen LogP contribution is 2.39. The van der Waals surface area contributed by atoms with E-state index in [1.165, 1.54) is 6.08 Å². The molecule has 132 valence electrons. The van der Waals surface area contributed by atoms with Crippen LogP contribution in [0.5, 0.6) is 0 Å². The van der Waals surface area contributed by atoms with Crippen molar-refractivity contribution in [1.82, 2.24) is 15.1 Å². The summed E-state index contributed by atoms with van der Waals surface area (Å²) in [4.78, 5) is 12.3. The Hall–Kier alpha value is -2.40. The molecule has 25 heavy (non-hydrogen) atoms. The summed E-state index contributed by atoms with van der Waals surface area (Å²) in [6.45, 7) is 5.79. The fourth-order valence-electron chi connectivity index (χ4n) is 3.19. The van der Waals surface area contributed by atoms with Crippen LogP contribution in [0.2, 0.25) is 0 Å². The first kappa shape index (κ1) is 17.4. The molecule has 5 nitrogen and oxygen atoms in total. The van der Waals surface area contributed by atoms with Gasteiger partial charge in [-0.2, -0.15) is 5.10 Å². The van der Waals surface area contributed by atoms with Crippen LogP contribution in [-0.4, -0.2) is 32.9 Å². The molecule has 0 bridgehead atoms. The molecule has 1 heterocycles. The summed E-state index contributed by atoms with van der Waals surface area (Å²) in [6, 6.07) is 9.92. The first-order chi connectivity index (χ1) is 11.9. The molecule has 0 saturated heterocycles. The molecule has 5 heteroatoms. The smallest absolute Gasteiger partial charge is 0.244 e. The molecule has 1 saturated carbocycles. The van der Waals surface area contributed by atoms with Gasteiger partial charge in [-0.3, -0.25) is 4.79 Å². The minimum Gasteiger partial charge on any atom is -0.394 e. The van der Waals surface area contributed by atoms with E-state index in [4.69, 9.17) is 0 Å². The van der Waals surface area contributed by atoms with Gasteiger partial charge in [-0.1, -0.05) is 18.2 Å². The molecular weight excluding hydrogens is 314 g/mol. The van der Waals surface area contributed by atoms with Gasteiger partial charge in [-0.05, 0) is 57.7 Å². The van der Waals surface area contributed by atoms with Crippen molar-refractivity contribution in [1.29, 1.82) is 0 Å². The molecule has 0 aliphatic heterocycles. The lowest BCUT2D eigenvalue weighted by Gasteiger charge is -2.28. The lowest BCUT2D eigenvalue weighted by Crippen LogP contribution is -2.50. The largest absolute Gasteiger partial charge is 0.394 e. The third-order valence-corrected chi connectivity index (χ3v) is 4.97. The summed E-state index contributed by atoms with van der Waals surface area (Å²) in [6.07, 6.45) is 5.45. The predicted octanol–water partition coefficient (Wildman–Crippen LogP) is 2.78. The van der Waals surface area contributed by atoms with E-state index in [0.717, 1.165) is 35.5 Å². The number of aliphatic hydroxyl groups is 1. The van der Waals surface area contributed by atoms with Crippen LogP contribution in [0.15, 0.2) is 36.4 Å². The monoisotopic (exact) mass is 339 g/mol. The van der Waals surface area contributed by atoms with Crippen LogP contribution in [-0.2, 0) is 4.79 Å². The number of hydrogen-bond donors (Lipinski definition) is 2. The summed E-state index contributed by atoms with van der Waals surface area (Å²) in [5.74, 6) is 0.189. The molecule has 1 atom stereocenters. The van der Waals surface area contributed by atoms with E-state index in [9.17, 15) is 9.90 Å². The van der Waals surface area contributed by atoms with Crippen LogP contribution < -0.4 is 5.32 Å². The quantitative estimate of drug-likeness (QED) is 0.795. The van der Waals surface area contributed by atoms with E-state index in [-0.39, 0.29) is 12.5 Å². The van der Waals surface area contributed by atoms with Gasteiger partial charge in [0.05, 0.1) is 23.5 Å². The van der Waals surface area contributed by atoms with Crippen molar-refractivity contribution in [3.8, 4) is 5.69 Å². The minimum atomic E-state index is -0.528. The van der Waals surface area contributed by atoms with Crippen LogP contribution in [0.1, 0.15) is 36.7 Å². The number of aryl methyl sites for hydroxylation is 1. The van der Waals surface area contributed by atoms with Crippen molar-refractivity contribution in [2.45, 2.75) is 39.2 Å². The number of benzene rings is 1. The van der Waals surface area contributed by atoms with Gasteiger partial charge in [0.15, 0.2) is 0 Å². The highest BCUT2D eigenvalue weighted by molar-refractivity contribution is 5.92. The third kappa shape index (κ3) is 3.66. The SMILES string of the molecule is Cc1nn(-c2ccccc2)c(C)c1/C=C/C(=O)NC(C)(CO)C1CC1. The van der Waals surface area contributed by atoms with Crippen molar-refractivity contribution in [2.24, 2.45) is 5.92 Å². The number of nitrogens with zero attached hydrogens (tertiary/aromatic N) is 2. The molecule has 1 aliphatic carbocycles. The molecule has 0 spiro atoms. The Morgan fingerprint density at radius 2 is 2.04 bits per heavy atom. The lowest BCUT2D eigenvalue weighted by molar-refractivity contribution is -0.119. The fourth-order valence-corrected chi connectivity index (χ4v) is 3.19. The number of hydrogen-bond acceptors (Lipinski definition) is 3. The Balaban J connectivity index is 1.77. The summed E-state index contributed by atoms with van der Waals surface area (Å²) >= 11 is 0. The highest BCUT2D eigenvalue weighted by atomic mass is 16.3. The topological polar surface area (TPSA) is 67.2 Å². The second kappa shape index (κ2) is 6.84. The average molecular weight is 339 g/mol. The van der Waals surface area contributed by atoms with Gasteiger partial charge < -0.3 is 10.4 Å². The lowest BCUT2D eigenvalue weighted by atomic mass is 9.97. The third-order valence-electron chi connectivity index (χ3n) is 4.97. The molecule has 1 aromatic heterocycles. The summed E-state index contributed by atoms with van der Waals surface area (Å²) < 4.78 is 1.88. The van der Waals surface area contributed by atoms with E-state index >= 15 is 0 Å². The molecular formula is C20H25N3O2. The number of aromatic nitrogens is 2. The van der Waals surface area contributed by atoms with E-state index < -0.39 is 5.54 Å². The maximum absolute atomic E-state index is 12.3. The zero-order chi connectivity index (χ0) is 18.0. The normalized spacial score (nSPS) is 16.8. The first-order valence-electron chi connectivity index (χ1n) is 8.67. The van der Waals surface area contributed by atoms with E-state index in [2.05, 4.69) is 10.4 Å². The molecule has 1 aliphatic rings. The second-order valence-corrected chi connectivity index (χ2v) is 7.00.